The van der Waals surface area contributed by atoms with Crippen LogP contribution in [0.15, 0.2) is 42.7 Å². The molecule has 25 heavy (non-hydrogen) atoms. The van der Waals surface area contributed by atoms with E-state index in [1.54, 1.807) is 42.5 Å². The number of anilines is 1. The number of hydrogen-bond donors (Lipinski definition) is 0. The quantitative estimate of drug-likeness (QED) is 0.803. The summed E-state index contributed by atoms with van der Waals surface area (Å²) in [6.45, 7) is 1.50. The number of rotatable bonds is 6. The zero-order valence-electron chi connectivity index (χ0n) is 14.1. The van der Waals surface area contributed by atoms with E-state index in [0.717, 1.165) is 19.4 Å². The van der Waals surface area contributed by atoms with E-state index in [2.05, 4.69) is 9.97 Å². The molecule has 1 aliphatic rings. The van der Waals surface area contributed by atoms with E-state index in [4.69, 9.17) is 4.74 Å². The summed E-state index contributed by atoms with van der Waals surface area (Å²) >= 11 is 0. The standard InChI is InChI=1S/C18H21FN4O2/c1-22(11-12-25-15-6-2-5-14(19)13-15)17(24)16-7-3-10-23(16)18-20-8-4-9-21-18/h2,4-6,8-9,13,16H,3,7,10-12H2,1H3. The maximum Gasteiger partial charge on any atom is 0.245 e. The van der Waals surface area contributed by atoms with Gasteiger partial charge in [0.2, 0.25) is 11.9 Å². The van der Waals surface area contributed by atoms with Crippen molar-refractivity contribution in [2.75, 3.05) is 31.6 Å². The highest BCUT2D eigenvalue weighted by atomic mass is 19.1. The first-order valence-corrected chi connectivity index (χ1v) is 8.32. The average molecular weight is 344 g/mol. The van der Waals surface area contributed by atoms with Gasteiger partial charge in [-0.2, -0.15) is 0 Å². The van der Waals surface area contributed by atoms with Gasteiger partial charge in [-0.15, -0.1) is 0 Å². The molecule has 0 bridgehead atoms. The first-order chi connectivity index (χ1) is 12.1. The second kappa shape index (κ2) is 7.92. The molecule has 0 aliphatic carbocycles. The molecule has 2 heterocycles. The number of amides is 1. The number of carbonyl (C=O) groups is 1. The number of hydrogen-bond acceptors (Lipinski definition) is 5. The van der Waals surface area contributed by atoms with Crippen LogP contribution in [0.3, 0.4) is 0 Å². The highest BCUT2D eigenvalue weighted by molar-refractivity contribution is 5.85. The van der Waals surface area contributed by atoms with Gasteiger partial charge in [-0.3, -0.25) is 4.79 Å². The van der Waals surface area contributed by atoms with E-state index >= 15 is 0 Å². The van der Waals surface area contributed by atoms with E-state index in [-0.39, 0.29) is 17.8 Å². The molecule has 1 atom stereocenters. The predicted octanol–water partition coefficient (Wildman–Crippen LogP) is 2.12. The van der Waals surface area contributed by atoms with Crippen LogP contribution in [0.4, 0.5) is 10.3 Å². The molecular weight excluding hydrogens is 323 g/mol. The molecule has 1 amide bonds. The Morgan fingerprint density at radius 1 is 1.36 bits per heavy atom. The van der Waals surface area contributed by atoms with Crippen molar-refractivity contribution in [1.29, 1.82) is 0 Å². The van der Waals surface area contributed by atoms with Crippen LogP contribution < -0.4 is 9.64 Å². The topological polar surface area (TPSA) is 58.6 Å². The molecule has 1 saturated heterocycles. The van der Waals surface area contributed by atoms with Crippen LogP contribution in [0, 0.1) is 5.82 Å². The fraction of sp³-hybridized carbons (Fsp3) is 0.389. The summed E-state index contributed by atoms with van der Waals surface area (Å²) < 4.78 is 18.6. The molecule has 6 nitrogen and oxygen atoms in total. The van der Waals surface area contributed by atoms with Crippen molar-refractivity contribution in [3.05, 3.63) is 48.5 Å². The number of nitrogens with zero attached hydrogens (tertiary/aromatic N) is 4. The third kappa shape index (κ3) is 4.23. The van der Waals surface area contributed by atoms with Gasteiger partial charge in [-0.05, 0) is 31.0 Å². The summed E-state index contributed by atoms with van der Waals surface area (Å²) in [5, 5.41) is 0. The lowest BCUT2D eigenvalue weighted by atomic mass is 10.2. The maximum atomic E-state index is 13.1. The van der Waals surface area contributed by atoms with Gasteiger partial charge in [-0.25, -0.2) is 14.4 Å². The van der Waals surface area contributed by atoms with Crippen molar-refractivity contribution >= 4 is 11.9 Å². The predicted molar refractivity (Wildman–Crippen MR) is 91.9 cm³/mol. The minimum absolute atomic E-state index is 0.0211. The summed E-state index contributed by atoms with van der Waals surface area (Å²) in [5.41, 5.74) is 0. The van der Waals surface area contributed by atoms with Gasteiger partial charge in [0.05, 0.1) is 6.54 Å². The number of likely N-dealkylation sites (N-methyl/N-ethyl adjacent to an activating group) is 1. The summed E-state index contributed by atoms with van der Waals surface area (Å²) in [6, 6.07) is 7.48. The Hall–Kier alpha value is -2.70. The highest BCUT2D eigenvalue weighted by Crippen LogP contribution is 2.23. The zero-order valence-corrected chi connectivity index (χ0v) is 14.1. The lowest BCUT2D eigenvalue weighted by Gasteiger charge is -2.27. The minimum atomic E-state index is -0.341. The molecule has 1 fully saturated rings. The lowest BCUT2D eigenvalue weighted by Crippen LogP contribution is -2.45. The Kier molecular flexibility index (Phi) is 5.42. The summed E-state index contributed by atoms with van der Waals surface area (Å²) in [7, 11) is 1.75. The molecule has 1 aromatic heterocycles. The Labute approximate surface area is 146 Å². The third-order valence-corrected chi connectivity index (χ3v) is 4.21. The first-order valence-electron chi connectivity index (χ1n) is 8.32. The summed E-state index contributed by atoms with van der Waals surface area (Å²) in [5.74, 6) is 0.725. The molecule has 1 aliphatic heterocycles. The van der Waals surface area contributed by atoms with Crippen LogP contribution >= 0.6 is 0 Å². The lowest BCUT2D eigenvalue weighted by molar-refractivity contribution is -0.131. The summed E-state index contributed by atoms with van der Waals surface area (Å²) in [6.07, 6.45) is 5.08. The van der Waals surface area contributed by atoms with Crippen molar-refractivity contribution in [2.24, 2.45) is 0 Å². The van der Waals surface area contributed by atoms with Gasteiger partial charge >= 0.3 is 0 Å². The Bertz CT molecular complexity index is 713. The molecule has 1 aromatic carbocycles. The van der Waals surface area contributed by atoms with Crippen molar-refractivity contribution in [3.8, 4) is 5.75 Å². The second-order valence-electron chi connectivity index (χ2n) is 5.97. The third-order valence-electron chi connectivity index (χ3n) is 4.21. The van der Waals surface area contributed by atoms with Crippen LogP contribution in [0.25, 0.3) is 0 Å². The van der Waals surface area contributed by atoms with Crippen LogP contribution in [0.5, 0.6) is 5.75 Å². The summed E-state index contributed by atoms with van der Waals surface area (Å²) in [4.78, 5) is 24.8. The molecule has 1 unspecified atom stereocenters. The maximum absolute atomic E-state index is 13.1. The Morgan fingerprint density at radius 3 is 2.92 bits per heavy atom. The normalized spacial score (nSPS) is 16.7. The van der Waals surface area contributed by atoms with Gasteiger partial charge in [-0.1, -0.05) is 6.07 Å². The minimum Gasteiger partial charge on any atom is -0.492 e. The van der Waals surface area contributed by atoms with Crippen LogP contribution in [-0.4, -0.2) is 53.6 Å². The van der Waals surface area contributed by atoms with E-state index in [0.29, 0.717) is 24.8 Å². The van der Waals surface area contributed by atoms with Gasteiger partial charge in [0.15, 0.2) is 0 Å². The Morgan fingerprint density at radius 2 is 2.16 bits per heavy atom. The highest BCUT2D eigenvalue weighted by Gasteiger charge is 2.34. The molecule has 2 aromatic rings. The van der Waals surface area contributed by atoms with Gasteiger partial charge in [0.25, 0.3) is 0 Å². The van der Waals surface area contributed by atoms with Crippen molar-refractivity contribution in [3.63, 3.8) is 0 Å². The Balaban J connectivity index is 1.54. The van der Waals surface area contributed by atoms with E-state index in [1.165, 1.54) is 12.1 Å². The monoisotopic (exact) mass is 344 g/mol. The van der Waals surface area contributed by atoms with E-state index < -0.39 is 0 Å². The van der Waals surface area contributed by atoms with Crippen molar-refractivity contribution in [2.45, 2.75) is 18.9 Å². The largest absolute Gasteiger partial charge is 0.492 e. The smallest absolute Gasteiger partial charge is 0.245 e. The average Bonchev–Trinajstić information content (AvgIpc) is 3.11. The number of ether oxygens (including phenoxy) is 1. The fourth-order valence-corrected chi connectivity index (χ4v) is 2.92. The molecule has 132 valence electrons. The van der Waals surface area contributed by atoms with Crippen molar-refractivity contribution < 1.29 is 13.9 Å². The van der Waals surface area contributed by atoms with Crippen LogP contribution in [-0.2, 0) is 4.79 Å². The molecule has 0 radical (unpaired) electrons. The van der Waals surface area contributed by atoms with Crippen LogP contribution in [0.1, 0.15) is 12.8 Å². The van der Waals surface area contributed by atoms with E-state index in [9.17, 15) is 9.18 Å². The molecule has 0 N–H and O–H groups in total. The van der Waals surface area contributed by atoms with Gasteiger partial charge in [0, 0.05) is 32.1 Å². The number of carbonyl (C=O) groups excluding carboxylic acids is 1. The van der Waals surface area contributed by atoms with Crippen LogP contribution in [0.2, 0.25) is 0 Å². The number of benzene rings is 1. The first kappa shape index (κ1) is 17.1. The molecule has 7 heteroatoms. The molecule has 0 saturated carbocycles. The number of halogens is 1. The van der Waals surface area contributed by atoms with E-state index in [1.807, 2.05) is 4.90 Å². The second-order valence-corrected chi connectivity index (χ2v) is 5.97. The number of aromatic nitrogens is 2. The molecule has 0 spiro atoms. The SMILES string of the molecule is CN(CCOc1cccc(F)c1)C(=O)C1CCCN1c1ncccn1. The van der Waals surface area contributed by atoms with Gasteiger partial charge in [0.1, 0.15) is 24.2 Å². The van der Waals surface area contributed by atoms with Gasteiger partial charge < -0.3 is 14.5 Å². The molecule has 3 rings (SSSR count). The van der Waals surface area contributed by atoms with Crippen molar-refractivity contribution in [1.82, 2.24) is 14.9 Å². The molecular formula is C18H21FN4O2. The zero-order chi connectivity index (χ0) is 17.6. The fourth-order valence-electron chi connectivity index (χ4n) is 2.92.